The summed E-state index contributed by atoms with van der Waals surface area (Å²) in [5.74, 6) is -1.99. The van der Waals surface area contributed by atoms with Crippen LogP contribution in [0.4, 0.5) is 8.78 Å². The van der Waals surface area contributed by atoms with Crippen LogP contribution in [0.3, 0.4) is 0 Å². The van der Waals surface area contributed by atoms with Gasteiger partial charge >= 0.3 is 5.97 Å². The van der Waals surface area contributed by atoms with Crippen LogP contribution < -0.4 is 0 Å². The Hall–Kier alpha value is -2.53. The number of carboxylic acids is 1. The zero-order valence-electron chi connectivity index (χ0n) is 12.2. The molecule has 0 amide bonds. The lowest BCUT2D eigenvalue weighted by Crippen LogP contribution is -2.30. The normalized spacial score (nSPS) is 18.0. The number of benzene rings is 2. The third kappa shape index (κ3) is 3.29. The molecule has 1 heterocycles. The first-order chi connectivity index (χ1) is 11.0. The van der Waals surface area contributed by atoms with E-state index >= 15 is 0 Å². The van der Waals surface area contributed by atoms with Crippen LogP contribution in [0.5, 0.6) is 0 Å². The van der Waals surface area contributed by atoms with E-state index in [1.54, 1.807) is 11.0 Å². The third-order valence-electron chi connectivity index (χ3n) is 3.88. The van der Waals surface area contributed by atoms with Gasteiger partial charge in [0.1, 0.15) is 11.6 Å². The molecule has 1 aliphatic heterocycles. The van der Waals surface area contributed by atoms with Gasteiger partial charge in [0.15, 0.2) is 0 Å². The number of carboxylic acid groups (broad SMARTS) is 1. The van der Waals surface area contributed by atoms with Crippen molar-refractivity contribution in [3.05, 3.63) is 77.4 Å². The average Bonchev–Trinajstić information content (AvgIpc) is 2.93. The molecule has 0 aromatic heterocycles. The maximum Gasteiger partial charge on any atom is 0.317 e. The number of hydrogen-bond acceptors (Lipinski definition) is 2. The summed E-state index contributed by atoms with van der Waals surface area (Å²) in [6.07, 6.45) is 1.80. The van der Waals surface area contributed by atoms with Gasteiger partial charge in [-0.2, -0.15) is 0 Å². The lowest BCUT2D eigenvalue weighted by atomic mass is 10.0. The lowest BCUT2D eigenvalue weighted by molar-refractivity contribution is -0.138. The minimum absolute atomic E-state index is 0.170. The van der Waals surface area contributed by atoms with E-state index < -0.39 is 17.6 Å². The van der Waals surface area contributed by atoms with E-state index in [2.05, 4.69) is 0 Å². The first-order valence-corrected chi connectivity index (χ1v) is 7.21. The second kappa shape index (κ2) is 6.30. The molecule has 0 saturated heterocycles. The van der Waals surface area contributed by atoms with Crippen LogP contribution in [0.2, 0.25) is 0 Å². The quantitative estimate of drug-likeness (QED) is 0.939. The van der Waals surface area contributed by atoms with Crippen LogP contribution in [-0.2, 0) is 4.79 Å². The second-order valence-electron chi connectivity index (χ2n) is 5.47. The predicted molar refractivity (Wildman–Crippen MR) is 82.7 cm³/mol. The molecule has 0 fully saturated rings. The molecule has 3 nitrogen and oxygen atoms in total. The highest BCUT2D eigenvalue weighted by molar-refractivity contribution is 5.74. The minimum Gasteiger partial charge on any atom is -0.480 e. The van der Waals surface area contributed by atoms with Gasteiger partial charge in [0, 0.05) is 12.1 Å². The zero-order chi connectivity index (χ0) is 16.4. The molecular formula is C18H15F2NO2. The Morgan fingerprint density at radius 3 is 2.61 bits per heavy atom. The van der Waals surface area contributed by atoms with Gasteiger partial charge in [-0.15, -0.1) is 0 Å². The summed E-state index contributed by atoms with van der Waals surface area (Å²) in [4.78, 5) is 12.8. The van der Waals surface area contributed by atoms with Gasteiger partial charge in [-0.25, -0.2) is 8.78 Å². The maximum atomic E-state index is 14.0. The molecule has 1 N–H and O–H groups in total. The first kappa shape index (κ1) is 15.4. The number of halogens is 2. The molecule has 0 aliphatic carbocycles. The number of aliphatic carboxylic acids is 1. The number of hydrogen-bond donors (Lipinski definition) is 1. The van der Waals surface area contributed by atoms with Gasteiger partial charge in [0.25, 0.3) is 0 Å². The SMILES string of the molecule is O=C(O)CN1CC(c2cc(F)ccc2F)=C[C@H]1c1ccccc1. The summed E-state index contributed by atoms with van der Waals surface area (Å²) in [7, 11) is 0. The monoisotopic (exact) mass is 315 g/mol. The van der Waals surface area contributed by atoms with Crippen LogP contribution >= 0.6 is 0 Å². The Labute approximate surface area is 132 Å². The van der Waals surface area contributed by atoms with Crippen molar-refractivity contribution in [2.45, 2.75) is 6.04 Å². The molecule has 0 radical (unpaired) electrons. The molecule has 1 aliphatic rings. The number of carbonyl (C=O) groups is 1. The van der Waals surface area contributed by atoms with Crippen molar-refractivity contribution in [3.63, 3.8) is 0 Å². The van der Waals surface area contributed by atoms with E-state index in [9.17, 15) is 13.6 Å². The molecule has 5 heteroatoms. The topological polar surface area (TPSA) is 40.5 Å². The Kier molecular flexibility index (Phi) is 4.21. The summed E-state index contributed by atoms with van der Waals surface area (Å²) < 4.78 is 27.4. The fourth-order valence-corrected chi connectivity index (χ4v) is 2.87. The summed E-state index contributed by atoms with van der Waals surface area (Å²) >= 11 is 0. The Morgan fingerprint density at radius 1 is 1.17 bits per heavy atom. The fourth-order valence-electron chi connectivity index (χ4n) is 2.87. The van der Waals surface area contributed by atoms with Gasteiger partial charge in [-0.1, -0.05) is 36.4 Å². The van der Waals surface area contributed by atoms with Crippen molar-refractivity contribution in [3.8, 4) is 0 Å². The molecule has 0 unspecified atom stereocenters. The zero-order valence-corrected chi connectivity index (χ0v) is 12.2. The molecule has 3 rings (SSSR count). The Morgan fingerprint density at radius 2 is 1.91 bits per heavy atom. The lowest BCUT2D eigenvalue weighted by Gasteiger charge is -2.22. The highest BCUT2D eigenvalue weighted by Crippen LogP contribution is 2.35. The van der Waals surface area contributed by atoms with Crippen LogP contribution in [0.1, 0.15) is 17.2 Å². The van der Waals surface area contributed by atoms with Crippen molar-refractivity contribution in [2.75, 3.05) is 13.1 Å². The minimum atomic E-state index is -0.958. The van der Waals surface area contributed by atoms with Gasteiger partial charge in [-0.05, 0) is 29.3 Å². The van der Waals surface area contributed by atoms with E-state index in [1.807, 2.05) is 30.3 Å². The standard InChI is InChI=1S/C18H15F2NO2/c19-14-6-7-16(20)15(9-14)13-8-17(12-4-2-1-3-5-12)21(10-13)11-18(22)23/h1-9,17H,10-11H2,(H,22,23)/t17-/m0/s1. The van der Waals surface area contributed by atoms with Crippen molar-refractivity contribution in [1.29, 1.82) is 0 Å². The van der Waals surface area contributed by atoms with Gasteiger partial charge in [-0.3, -0.25) is 9.69 Å². The van der Waals surface area contributed by atoms with Crippen molar-refractivity contribution >= 4 is 11.5 Å². The summed E-state index contributed by atoms with van der Waals surface area (Å²) in [5, 5.41) is 9.10. The molecule has 23 heavy (non-hydrogen) atoms. The van der Waals surface area contributed by atoms with E-state index in [1.165, 1.54) is 0 Å². The fraction of sp³-hybridized carbons (Fsp3) is 0.167. The molecule has 0 bridgehead atoms. The van der Waals surface area contributed by atoms with Crippen LogP contribution in [-0.4, -0.2) is 29.1 Å². The number of rotatable bonds is 4. The predicted octanol–water partition coefficient (Wildman–Crippen LogP) is 3.49. The molecule has 0 saturated carbocycles. The Balaban J connectivity index is 1.99. The molecule has 0 spiro atoms. The largest absolute Gasteiger partial charge is 0.480 e. The van der Waals surface area contributed by atoms with E-state index in [0.29, 0.717) is 5.57 Å². The molecule has 2 aromatic rings. The van der Waals surface area contributed by atoms with Gasteiger partial charge < -0.3 is 5.11 Å². The molecule has 118 valence electrons. The molecule has 2 aromatic carbocycles. The molecular weight excluding hydrogens is 300 g/mol. The highest BCUT2D eigenvalue weighted by atomic mass is 19.1. The summed E-state index contributed by atoms with van der Waals surface area (Å²) in [6.45, 7) is 0.0860. The average molecular weight is 315 g/mol. The highest BCUT2D eigenvalue weighted by Gasteiger charge is 2.29. The Bertz CT molecular complexity index is 759. The summed E-state index contributed by atoms with van der Waals surface area (Å²) in [6, 6.07) is 12.4. The smallest absolute Gasteiger partial charge is 0.317 e. The van der Waals surface area contributed by atoms with Crippen LogP contribution in [0.15, 0.2) is 54.6 Å². The van der Waals surface area contributed by atoms with Gasteiger partial charge in [0.2, 0.25) is 0 Å². The van der Waals surface area contributed by atoms with Crippen molar-refractivity contribution in [1.82, 2.24) is 4.90 Å². The van der Waals surface area contributed by atoms with Crippen LogP contribution in [0, 0.1) is 11.6 Å². The number of nitrogens with zero attached hydrogens (tertiary/aromatic N) is 1. The molecule has 1 atom stereocenters. The van der Waals surface area contributed by atoms with Crippen molar-refractivity contribution in [2.24, 2.45) is 0 Å². The van der Waals surface area contributed by atoms with Crippen molar-refractivity contribution < 1.29 is 18.7 Å². The first-order valence-electron chi connectivity index (χ1n) is 7.21. The van der Waals surface area contributed by atoms with E-state index in [0.717, 1.165) is 23.8 Å². The summed E-state index contributed by atoms with van der Waals surface area (Å²) in [5.41, 5.74) is 1.69. The third-order valence-corrected chi connectivity index (χ3v) is 3.88. The maximum absolute atomic E-state index is 14.0. The van der Waals surface area contributed by atoms with E-state index in [-0.39, 0.29) is 24.7 Å². The van der Waals surface area contributed by atoms with Crippen LogP contribution in [0.25, 0.3) is 5.57 Å². The second-order valence-corrected chi connectivity index (χ2v) is 5.47. The van der Waals surface area contributed by atoms with E-state index in [4.69, 9.17) is 5.11 Å². The van der Waals surface area contributed by atoms with Gasteiger partial charge in [0.05, 0.1) is 12.6 Å².